The van der Waals surface area contributed by atoms with E-state index in [0.717, 1.165) is 11.1 Å². The van der Waals surface area contributed by atoms with E-state index in [4.69, 9.17) is 0 Å². The third-order valence-corrected chi connectivity index (χ3v) is 4.16. The second-order valence-electron chi connectivity index (χ2n) is 4.92. The van der Waals surface area contributed by atoms with Crippen molar-refractivity contribution in [2.75, 3.05) is 0 Å². The summed E-state index contributed by atoms with van der Waals surface area (Å²) >= 11 is 1.99. The van der Waals surface area contributed by atoms with Crippen LogP contribution in [0.2, 0.25) is 0 Å². The molecule has 0 radical (unpaired) electrons. The molecule has 112 valence electrons. The van der Waals surface area contributed by atoms with Crippen LogP contribution in [0.25, 0.3) is 0 Å². The van der Waals surface area contributed by atoms with Crippen molar-refractivity contribution < 1.29 is 4.79 Å². The average molecular weight is 412 g/mol. The van der Waals surface area contributed by atoms with Gasteiger partial charge in [-0.3, -0.25) is 4.79 Å². The van der Waals surface area contributed by atoms with Gasteiger partial charge in [0.1, 0.15) is 17.7 Å². The van der Waals surface area contributed by atoms with Crippen LogP contribution in [0.3, 0.4) is 0 Å². The summed E-state index contributed by atoms with van der Waals surface area (Å²) < 4.78 is 1.66. The van der Waals surface area contributed by atoms with E-state index in [1.807, 2.05) is 83.3 Å². The lowest BCUT2D eigenvalue weighted by atomic mass is 9.96. The van der Waals surface area contributed by atoms with Crippen molar-refractivity contribution in [2.45, 2.75) is 12.8 Å². The Labute approximate surface area is 149 Å². The van der Waals surface area contributed by atoms with Gasteiger partial charge in [-0.25, -0.2) is 0 Å². The highest BCUT2D eigenvalue weighted by Gasteiger charge is 2.24. The van der Waals surface area contributed by atoms with Gasteiger partial charge in [0.25, 0.3) is 0 Å². The molecule has 0 saturated carbocycles. The first kappa shape index (κ1) is 16.9. The third-order valence-electron chi connectivity index (χ3n) is 3.54. The van der Waals surface area contributed by atoms with Gasteiger partial charge in [-0.15, -0.1) is 0 Å². The highest BCUT2D eigenvalue weighted by atomic mass is 127. The summed E-state index contributed by atoms with van der Waals surface area (Å²) in [5.41, 5.74) is 2.82. The minimum atomic E-state index is -0.0722. The van der Waals surface area contributed by atoms with Gasteiger partial charge in [-0.2, -0.15) is 10.5 Å². The average Bonchev–Trinajstić information content (AvgIpc) is 2.68. The molecule has 1 aliphatic carbocycles. The summed E-state index contributed by atoms with van der Waals surface area (Å²) in [5, 5.41) is 18.4. The highest BCUT2D eigenvalue weighted by molar-refractivity contribution is 14.1. The van der Waals surface area contributed by atoms with E-state index in [9.17, 15) is 15.3 Å². The molecule has 0 aromatic heterocycles. The van der Waals surface area contributed by atoms with E-state index in [1.54, 1.807) is 4.08 Å². The number of carbonyl (C=O) groups excluding carboxylic acids is 1. The summed E-state index contributed by atoms with van der Waals surface area (Å²) in [7, 11) is 0. The number of hydrogen-bond acceptors (Lipinski definition) is 3. The lowest BCUT2D eigenvalue weighted by Gasteiger charge is -2.06. The fourth-order valence-corrected chi connectivity index (χ4v) is 3.11. The predicted octanol–water partition coefficient (Wildman–Crippen LogP) is 4.14. The minimum Gasteiger partial charge on any atom is -0.294 e. The lowest BCUT2D eigenvalue weighted by molar-refractivity contribution is -0.114. The van der Waals surface area contributed by atoms with E-state index in [0.29, 0.717) is 17.6 Å². The molecule has 0 unspecified atom stereocenters. The molecule has 0 spiro atoms. The van der Waals surface area contributed by atoms with Crippen molar-refractivity contribution in [2.24, 2.45) is 0 Å². The Hall–Kier alpha value is -2.44. The second-order valence-corrected chi connectivity index (χ2v) is 5.54. The van der Waals surface area contributed by atoms with Crippen molar-refractivity contribution in [3.63, 3.8) is 0 Å². The van der Waals surface area contributed by atoms with Gasteiger partial charge in [-0.05, 0) is 20.8 Å². The Morgan fingerprint density at radius 3 is 2.00 bits per heavy atom. The van der Waals surface area contributed by atoms with Crippen LogP contribution in [-0.4, -0.2) is 5.78 Å². The number of Topliss-reactive ketones (excluding diaryl/α,β-unsaturated/α-hetero) is 1. The molecule has 2 rings (SSSR count). The van der Waals surface area contributed by atoms with Crippen molar-refractivity contribution in [3.05, 3.63) is 80.5 Å². The SMILES string of the molecule is N#CC(C#N)=C1Cc2ccccccccc2CC(=O)/C1=C\I. The zero-order chi connectivity index (χ0) is 16.7. The molecule has 0 amide bonds. The Bertz CT molecular complexity index is 821. The number of allylic oxidation sites excluding steroid dienone is 3. The molecule has 3 nitrogen and oxygen atoms in total. The number of carbonyl (C=O) groups is 1. The fraction of sp³-hybridized carbons (Fsp3) is 0.105. The number of halogens is 1. The molecule has 23 heavy (non-hydrogen) atoms. The van der Waals surface area contributed by atoms with Crippen molar-refractivity contribution in [1.82, 2.24) is 0 Å². The van der Waals surface area contributed by atoms with Crippen molar-refractivity contribution >= 4 is 28.4 Å². The Kier molecular flexibility index (Phi) is 6.08. The third kappa shape index (κ3) is 4.06. The molecule has 1 aromatic carbocycles. The molecule has 0 fully saturated rings. The molecule has 0 heterocycles. The van der Waals surface area contributed by atoms with Crippen LogP contribution < -0.4 is 0 Å². The van der Waals surface area contributed by atoms with Gasteiger partial charge in [0.2, 0.25) is 0 Å². The minimum absolute atomic E-state index is 0.0000670. The van der Waals surface area contributed by atoms with E-state index in [1.165, 1.54) is 0 Å². The molecule has 0 saturated heterocycles. The molecule has 0 atom stereocenters. The fourth-order valence-electron chi connectivity index (χ4n) is 2.39. The van der Waals surface area contributed by atoms with Gasteiger partial charge >= 0.3 is 0 Å². The molecular weight excluding hydrogens is 399 g/mol. The van der Waals surface area contributed by atoms with Crippen LogP contribution in [0.15, 0.2) is 69.3 Å². The summed E-state index contributed by atoms with van der Waals surface area (Å²) in [5.74, 6) is -0.0722. The largest absolute Gasteiger partial charge is 0.294 e. The number of ketones is 1. The van der Waals surface area contributed by atoms with Gasteiger partial charge in [0.05, 0.1) is 0 Å². The number of nitriles is 2. The van der Waals surface area contributed by atoms with Crippen LogP contribution >= 0.6 is 22.6 Å². The Morgan fingerprint density at radius 1 is 0.957 bits per heavy atom. The first-order chi connectivity index (χ1) is 11.2. The molecular formula is C19H13IN2O. The highest BCUT2D eigenvalue weighted by Crippen LogP contribution is 2.28. The van der Waals surface area contributed by atoms with Crippen molar-refractivity contribution in [1.29, 1.82) is 10.5 Å². The quantitative estimate of drug-likeness (QED) is 0.279. The molecule has 0 aliphatic heterocycles. The maximum absolute atomic E-state index is 12.5. The lowest BCUT2D eigenvalue weighted by Crippen LogP contribution is -2.06. The summed E-state index contributed by atoms with van der Waals surface area (Å²) in [4.78, 5) is 12.5. The zero-order valence-corrected chi connectivity index (χ0v) is 14.4. The maximum atomic E-state index is 12.5. The van der Waals surface area contributed by atoms with Gasteiger partial charge in [-0.1, -0.05) is 71.1 Å². The normalized spacial score (nSPS) is 14.8. The standard InChI is InChI=1S/C19H13IN2O/c20-11-18-17(16(12-21)13-22)9-14-7-5-3-1-2-4-6-8-15(14)10-19(18)23/h1-8,11H,9-10H2/b2-1?,3-1?,4-2?,5-3?,6-4?,7-5?,8-6?,14-7?,15-8?,18-11-. The Morgan fingerprint density at radius 2 is 1.48 bits per heavy atom. The van der Waals surface area contributed by atoms with E-state index >= 15 is 0 Å². The summed E-state index contributed by atoms with van der Waals surface area (Å²) in [6.45, 7) is 0. The van der Waals surface area contributed by atoms with E-state index in [2.05, 4.69) is 0 Å². The number of hydrogen-bond donors (Lipinski definition) is 0. The van der Waals surface area contributed by atoms with Crippen LogP contribution in [-0.2, 0) is 17.6 Å². The molecule has 1 aromatic rings. The summed E-state index contributed by atoms with van der Waals surface area (Å²) in [6.07, 6.45) is 0.654. The second kappa shape index (κ2) is 8.26. The molecule has 0 bridgehead atoms. The first-order valence-electron chi connectivity index (χ1n) is 6.98. The van der Waals surface area contributed by atoms with Crippen LogP contribution in [0.1, 0.15) is 11.1 Å². The molecule has 4 heteroatoms. The van der Waals surface area contributed by atoms with Gasteiger partial charge in [0, 0.05) is 18.4 Å². The van der Waals surface area contributed by atoms with Gasteiger partial charge < -0.3 is 0 Å². The van der Waals surface area contributed by atoms with Crippen LogP contribution in [0.4, 0.5) is 0 Å². The van der Waals surface area contributed by atoms with Crippen LogP contribution in [0, 0.1) is 22.7 Å². The number of rotatable bonds is 0. The van der Waals surface area contributed by atoms with E-state index < -0.39 is 0 Å². The molecule has 0 N–H and O–H groups in total. The number of nitrogens with zero attached hydrogens (tertiary/aromatic N) is 2. The van der Waals surface area contributed by atoms with E-state index in [-0.39, 0.29) is 17.8 Å². The summed E-state index contributed by atoms with van der Waals surface area (Å²) in [6, 6.07) is 19.1. The van der Waals surface area contributed by atoms with Crippen LogP contribution in [0.5, 0.6) is 0 Å². The topological polar surface area (TPSA) is 64.7 Å². The number of fused-ring (bicyclic) bond motifs is 1. The zero-order valence-electron chi connectivity index (χ0n) is 12.3. The monoisotopic (exact) mass is 412 g/mol. The van der Waals surface area contributed by atoms with Gasteiger partial charge in [0.15, 0.2) is 5.78 Å². The van der Waals surface area contributed by atoms with Crippen molar-refractivity contribution in [3.8, 4) is 12.1 Å². The molecule has 1 aliphatic rings. The Balaban J connectivity index is 2.76. The maximum Gasteiger partial charge on any atom is 0.168 e. The predicted molar refractivity (Wildman–Crippen MR) is 96.8 cm³/mol. The smallest absolute Gasteiger partial charge is 0.168 e. The first-order valence-corrected chi connectivity index (χ1v) is 8.23.